The number of aromatic nitrogens is 2. The quantitative estimate of drug-likeness (QED) is 0.183. The van der Waals surface area contributed by atoms with Crippen LogP contribution in [0.25, 0.3) is 99.3 Å². The highest BCUT2D eigenvalue weighted by atomic mass is 16.3. The molecule has 10 aromatic rings. The van der Waals surface area contributed by atoms with E-state index in [1.165, 1.54) is 21.5 Å². The highest BCUT2D eigenvalue weighted by Crippen LogP contribution is 2.42. The third kappa shape index (κ3) is 4.51. The van der Waals surface area contributed by atoms with Crippen LogP contribution in [0.2, 0.25) is 0 Å². The first-order valence-corrected chi connectivity index (χ1v) is 16.6. The Bertz CT molecular complexity index is 2890. The van der Waals surface area contributed by atoms with Gasteiger partial charge < -0.3 is 4.42 Å². The summed E-state index contributed by atoms with van der Waals surface area (Å²) >= 11 is 0. The van der Waals surface area contributed by atoms with Crippen LogP contribution in [0.5, 0.6) is 0 Å². The molecule has 0 saturated heterocycles. The second-order valence-electron chi connectivity index (χ2n) is 12.5. The third-order valence-corrected chi connectivity index (χ3v) is 9.65. The molecule has 0 fully saturated rings. The molecule has 0 aliphatic carbocycles. The van der Waals surface area contributed by atoms with Crippen molar-refractivity contribution in [3.63, 3.8) is 0 Å². The number of hydrogen-bond donors (Lipinski definition) is 0. The second-order valence-corrected chi connectivity index (χ2v) is 12.5. The monoisotopic (exact) mass is 624 g/mol. The Morgan fingerprint density at radius 2 is 0.898 bits per heavy atom. The number of benzene rings is 8. The topological polar surface area (TPSA) is 38.9 Å². The lowest BCUT2D eigenvalue weighted by atomic mass is 9.95. The van der Waals surface area contributed by atoms with Crippen molar-refractivity contribution in [3.05, 3.63) is 170 Å². The summed E-state index contributed by atoms with van der Waals surface area (Å²) in [7, 11) is 0. The average Bonchev–Trinajstić information content (AvgIpc) is 3.57. The zero-order valence-electron chi connectivity index (χ0n) is 26.5. The summed E-state index contributed by atoms with van der Waals surface area (Å²) in [6.07, 6.45) is 0. The summed E-state index contributed by atoms with van der Waals surface area (Å²) in [4.78, 5) is 10.1. The van der Waals surface area contributed by atoms with Crippen molar-refractivity contribution in [3.8, 4) is 44.9 Å². The number of fused-ring (bicyclic) bond motifs is 9. The van der Waals surface area contributed by atoms with Gasteiger partial charge in [-0.05, 0) is 68.7 Å². The zero-order valence-corrected chi connectivity index (χ0v) is 26.5. The van der Waals surface area contributed by atoms with Crippen LogP contribution in [0.4, 0.5) is 0 Å². The lowest BCUT2D eigenvalue weighted by Crippen LogP contribution is -1.95. The molecule has 2 heterocycles. The molecule has 3 nitrogen and oxygen atoms in total. The maximum Gasteiger partial charge on any atom is 0.160 e. The summed E-state index contributed by atoms with van der Waals surface area (Å²) in [5.74, 6) is 0.715. The Morgan fingerprint density at radius 1 is 0.347 bits per heavy atom. The summed E-state index contributed by atoms with van der Waals surface area (Å²) in [5, 5.41) is 8.15. The van der Waals surface area contributed by atoms with E-state index in [9.17, 15) is 0 Å². The highest BCUT2D eigenvalue weighted by molar-refractivity contribution is 6.30. The first-order chi connectivity index (χ1) is 24.3. The molecule has 0 atom stereocenters. The number of furan rings is 1. The lowest BCUT2D eigenvalue weighted by Gasteiger charge is -2.11. The smallest absolute Gasteiger partial charge is 0.160 e. The summed E-state index contributed by atoms with van der Waals surface area (Å²) in [6.45, 7) is 0. The number of hydrogen-bond acceptors (Lipinski definition) is 3. The van der Waals surface area contributed by atoms with Crippen molar-refractivity contribution in [2.45, 2.75) is 0 Å². The van der Waals surface area contributed by atoms with Crippen molar-refractivity contribution < 1.29 is 4.42 Å². The van der Waals surface area contributed by atoms with Crippen molar-refractivity contribution in [2.75, 3.05) is 0 Å². The fourth-order valence-corrected chi connectivity index (χ4v) is 7.32. The second kappa shape index (κ2) is 11.0. The van der Waals surface area contributed by atoms with Gasteiger partial charge in [0.15, 0.2) is 5.82 Å². The highest BCUT2D eigenvalue weighted by Gasteiger charge is 2.17. The Kier molecular flexibility index (Phi) is 6.18. The van der Waals surface area contributed by atoms with Crippen LogP contribution in [0.3, 0.4) is 0 Å². The van der Waals surface area contributed by atoms with Crippen molar-refractivity contribution in [1.82, 2.24) is 9.97 Å². The minimum atomic E-state index is 0.715. The predicted octanol–water partition coefficient (Wildman–Crippen LogP) is 12.5. The van der Waals surface area contributed by atoms with Gasteiger partial charge >= 0.3 is 0 Å². The van der Waals surface area contributed by atoms with Crippen LogP contribution in [0, 0.1) is 0 Å². The van der Waals surface area contributed by atoms with Crippen LogP contribution in [0.15, 0.2) is 174 Å². The van der Waals surface area contributed by atoms with E-state index in [-0.39, 0.29) is 0 Å². The van der Waals surface area contributed by atoms with Gasteiger partial charge in [-0.3, -0.25) is 0 Å². The molecule has 10 rings (SSSR count). The van der Waals surface area contributed by atoms with Gasteiger partial charge in [-0.25, -0.2) is 9.97 Å². The molecule has 0 spiro atoms. The molecule has 3 heteroatoms. The molecule has 0 amide bonds. The van der Waals surface area contributed by atoms with Crippen molar-refractivity contribution >= 4 is 54.4 Å². The van der Waals surface area contributed by atoms with Crippen LogP contribution in [0.1, 0.15) is 0 Å². The Labute approximate surface area is 282 Å². The first kappa shape index (κ1) is 27.5. The van der Waals surface area contributed by atoms with E-state index in [4.69, 9.17) is 14.4 Å². The van der Waals surface area contributed by atoms with Gasteiger partial charge in [-0.2, -0.15) is 0 Å². The van der Waals surface area contributed by atoms with Gasteiger partial charge in [0.05, 0.1) is 11.2 Å². The van der Waals surface area contributed by atoms with E-state index in [0.717, 1.165) is 71.9 Å². The van der Waals surface area contributed by atoms with Crippen molar-refractivity contribution in [2.24, 2.45) is 0 Å². The molecule has 228 valence electrons. The Morgan fingerprint density at radius 3 is 1.65 bits per heavy atom. The van der Waals surface area contributed by atoms with Gasteiger partial charge in [0.1, 0.15) is 11.2 Å². The van der Waals surface area contributed by atoms with Gasteiger partial charge in [-0.1, -0.05) is 140 Å². The molecule has 0 aliphatic rings. The molecule has 49 heavy (non-hydrogen) atoms. The molecule has 0 saturated carbocycles. The summed E-state index contributed by atoms with van der Waals surface area (Å²) in [5.41, 5.74) is 10.3. The van der Waals surface area contributed by atoms with Gasteiger partial charge in [0.2, 0.25) is 0 Å². The molecule has 0 unspecified atom stereocenters. The molecule has 2 aromatic heterocycles. The van der Waals surface area contributed by atoms with E-state index in [1.54, 1.807) is 0 Å². The fraction of sp³-hybridized carbons (Fsp3) is 0. The summed E-state index contributed by atoms with van der Waals surface area (Å²) in [6, 6.07) is 59.6. The van der Waals surface area contributed by atoms with Gasteiger partial charge in [0, 0.05) is 32.7 Å². The van der Waals surface area contributed by atoms with E-state index in [0.29, 0.717) is 5.82 Å². The molecular weight excluding hydrogens is 597 g/mol. The first-order valence-electron chi connectivity index (χ1n) is 16.6. The summed E-state index contributed by atoms with van der Waals surface area (Å²) < 4.78 is 6.56. The van der Waals surface area contributed by atoms with Crippen LogP contribution in [-0.4, -0.2) is 9.97 Å². The molecule has 0 radical (unpaired) electrons. The van der Waals surface area contributed by atoms with E-state index < -0.39 is 0 Å². The van der Waals surface area contributed by atoms with Crippen LogP contribution >= 0.6 is 0 Å². The average molecular weight is 625 g/mol. The standard InChI is InChI=1S/C46H28N2O/c1-2-12-29(13-3-1)44-39-22-8-9-23-41(39)47-46(48-44)34-17-11-16-32(27-34)30-14-10-15-31(26-30)33-24-25-42-40(28-33)43-37-20-6-4-18-35(37)36-19-5-7-21-38(36)45(43)49-42/h1-28H. The van der Waals surface area contributed by atoms with E-state index >= 15 is 0 Å². The van der Waals surface area contributed by atoms with Crippen molar-refractivity contribution in [1.29, 1.82) is 0 Å². The minimum Gasteiger partial charge on any atom is -0.455 e. The third-order valence-electron chi connectivity index (χ3n) is 9.65. The largest absolute Gasteiger partial charge is 0.455 e. The molecule has 8 aromatic carbocycles. The molecule has 0 aliphatic heterocycles. The van der Waals surface area contributed by atoms with E-state index in [1.807, 2.05) is 18.2 Å². The maximum absolute atomic E-state index is 6.56. The number of rotatable bonds is 4. The SMILES string of the molecule is c1ccc(-c2nc(-c3cccc(-c4cccc(-c5ccc6oc7c8ccccc8c8ccccc8c7c6c5)c4)c3)nc3ccccc23)cc1. The number of nitrogens with zero attached hydrogens (tertiary/aromatic N) is 2. The Hall–Kier alpha value is -6.58. The minimum absolute atomic E-state index is 0.715. The van der Waals surface area contributed by atoms with E-state index in [2.05, 4.69) is 152 Å². The van der Waals surface area contributed by atoms with Gasteiger partial charge in [-0.15, -0.1) is 0 Å². The normalized spacial score (nSPS) is 11.7. The van der Waals surface area contributed by atoms with Gasteiger partial charge in [0.25, 0.3) is 0 Å². The van der Waals surface area contributed by atoms with Crippen LogP contribution in [-0.2, 0) is 0 Å². The maximum atomic E-state index is 6.56. The fourth-order valence-electron chi connectivity index (χ4n) is 7.32. The van der Waals surface area contributed by atoms with Crippen LogP contribution < -0.4 is 0 Å². The predicted molar refractivity (Wildman–Crippen MR) is 204 cm³/mol. The molecule has 0 N–H and O–H groups in total. The lowest BCUT2D eigenvalue weighted by molar-refractivity contribution is 0.673. The molecular formula is C46H28N2O. The molecule has 0 bridgehead atoms. The Balaban J connectivity index is 1.09. The number of para-hydroxylation sites is 1. The zero-order chi connectivity index (χ0) is 32.3.